The van der Waals surface area contributed by atoms with Crippen LogP contribution in [0, 0.1) is 5.92 Å². The quantitative estimate of drug-likeness (QED) is 0.654. The maximum atomic E-state index is 3.37. The number of piperidine rings is 1. The Bertz CT molecular complexity index is 125. The van der Waals surface area contributed by atoms with Gasteiger partial charge in [-0.3, -0.25) is 0 Å². The average molecular weight is 184 g/mol. The van der Waals surface area contributed by atoms with Crippen LogP contribution in [0.2, 0.25) is 0 Å². The van der Waals surface area contributed by atoms with Gasteiger partial charge in [0.15, 0.2) is 0 Å². The molecular formula is C11H24N2. The van der Waals surface area contributed by atoms with E-state index in [0.717, 1.165) is 12.5 Å². The second-order valence-corrected chi connectivity index (χ2v) is 4.26. The Labute approximate surface area is 82.7 Å². The van der Waals surface area contributed by atoms with Gasteiger partial charge >= 0.3 is 0 Å². The van der Waals surface area contributed by atoms with E-state index >= 15 is 0 Å². The molecule has 0 unspecified atom stereocenters. The smallest absolute Gasteiger partial charge is 0.000703 e. The van der Waals surface area contributed by atoms with Crippen LogP contribution in [0.1, 0.15) is 33.1 Å². The fourth-order valence-corrected chi connectivity index (χ4v) is 2.09. The first-order valence-corrected chi connectivity index (χ1v) is 5.76. The molecule has 0 bridgehead atoms. The lowest BCUT2D eigenvalue weighted by Gasteiger charge is -2.30. The van der Waals surface area contributed by atoms with Crippen molar-refractivity contribution in [1.82, 2.24) is 10.2 Å². The van der Waals surface area contributed by atoms with Crippen molar-refractivity contribution < 1.29 is 0 Å². The van der Waals surface area contributed by atoms with E-state index in [9.17, 15) is 0 Å². The third-order valence-corrected chi connectivity index (χ3v) is 2.82. The molecular weight excluding hydrogens is 160 g/mol. The van der Waals surface area contributed by atoms with E-state index in [2.05, 4.69) is 24.1 Å². The zero-order chi connectivity index (χ0) is 9.52. The van der Waals surface area contributed by atoms with Crippen molar-refractivity contribution in [2.75, 3.05) is 32.7 Å². The maximum Gasteiger partial charge on any atom is 0.000703 e. The predicted molar refractivity (Wildman–Crippen MR) is 58.0 cm³/mol. The van der Waals surface area contributed by atoms with E-state index in [1.54, 1.807) is 0 Å². The molecule has 0 aromatic heterocycles. The number of nitrogens with zero attached hydrogens (tertiary/aromatic N) is 1. The minimum Gasteiger partial charge on any atom is -0.317 e. The second-order valence-electron chi connectivity index (χ2n) is 4.26. The van der Waals surface area contributed by atoms with Gasteiger partial charge in [0.2, 0.25) is 0 Å². The Kier molecular flexibility index (Phi) is 5.40. The van der Waals surface area contributed by atoms with Crippen LogP contribution < -0.4 is 5.32 Å². The molecule has 1 saturated heterocycles. The van der Waals surface area contributed by atoms with Crippen LogP contribution in [0.5, 0.6) is 0 Å². The van der Waals surface area contributed by atoms with Gasteiger partial charge in [-0.1, -0.05) is 13.8 Å². The Morgan fingerprint density at radius 2 is 2.31 bits per heavy atom. The molecule has 1 heterocycles. The first kappa shape index (κ1) is 11.0. The van der Waals surface area contributed by atoms with Gasteiger partial charge < -0.3 is 10.2 Å². The lowest BCUT2D eigenvalue weighted by Crippen LogP contribution is -2.36. The summed E-state index contributed by atoms with van der Waals surface area (Å²) in [4.78, 5) is 2.62. The Morgan fingerprint density at radius 3 is 3.00 bits per heavy atom. The van der Waals surface area contributed by atoms with E-state index in [-0.39, 0.29) is 0 Å². The SMILES string of the molecule is CCNCCCN1CCC[C@@H](C)C1. The summed E-state index contributed by atoms with van der Waals surface area (Å²) >= 11 is 0. The van der Waals surface area contributed by atoms with Crippen molar-refractivity contribution in [3.8, 4) is 0 Å². The highest BCUT2D eigenvalue weighted by molar-refractivity contribution is 4.69. The van der Waals surface area contributed by atoms with Gasteiger partial charge in [-0.2, -0.15) is 0 Å². The number of hydrogen-bond donors (Lipinski definition) is 1. The van der Waals surface area contributed by atoms with Crippen LogP contribution in [0.15, 0.2) is 0 Å². The van der Waals surface area contributed by atoms with Gasteiger partial charge in [0, 0.05) is 6.54 Å². The minimum absolute atomic E-state index is 0.924. The summed E-state index contributed by atoms with van der Waals surface area (Å²) in [5, 5.41) is 3.37. The van der Waals surface area contributed by atoms with E-state index in [1.165, 1.54) is 45.4 Å². The van der Waals surface area contributed by atoms with Crippen molar-refractivity contribution in [2.45, 2.75) is 33.1 Å². The van der Waals surface area contributed by atoms with Gasteiger partial charge in [0.1, 0.15) is 0 Å². The number of rotatable bonds is 5. The molecule has 1 aliphatic heterocycles. The molecule has 1 N–H and O–H groups in total. The summed E-state index contributed by atoms with van der Waals surface area (Å²) in [6.07, 6.45) is 4.15. The van der Waals surface area contributed by atoms with Gasteiger partial charge in [-0.15, -0.1) is 0 Å². The molecule has 2 heteroatoms. The largest absolute Gasteiger partial charge is 0.317 e. The lowest BCUT2D eigenvalue weighted by molar-refractivity contribution is 0.182. The molecule has 1 atom stereocenters. The Hall–Kier alpha value is -0.0800. The minimum atomic E-state index is 0.924. The van der Waals surface area contributed by atoms with Gasteiger partial charge in [-0.05, 0) is 51.4 Å². The molecule has 0 spiro atoms. The summed E-state index contributed by atoms with van der Waals surface area (Å²) < 4.78 is 0. The molecule has 0 amide bonds. The number of hydrogen-bond acceptors (Lipinski definition) is 2. The number of likely N-dealkylation sites (tertiary alicyclic amines) is 1. The normalized spacial score (nSPS) is 24.9. The summed E-state index contributed by atoms with van der Waals surface area (Å²) in [6.45, 7) is 10.8. The van der Waals surface area contributed by atoms with Crippen LogP contribution in [0.3, 0.4) is 0 Å². The van der Waals surface area contributed by atoms with E-state index in [1.807, 2.05) is 0 Å². The molecule has 0 aromatic rings. The lowest BCUT2D eigenvalue weighted by atomic mass is 10.0. The predicted octanol–water partition coefficient (Wildman–Crippen LogP) is 1.72. The molecule has 1 fully saturated rings. The fraction of sp³-hybridized carbons (Fsp3) is 1.00. The van der Waals surface area contributed by atoms with Gasteiger partial charge in [0.05, 0.1) is 0 Å². The van der Waals surface area contributed by atoms with Crippen LogP contribution in [0.25, 0.3) is 0 Å². The topological polar surface area (TPSA) is 15.3 Å². The standard InChI is InChI=1S/C11H24N2/c1-3-12-7-5-9-13-8-4-6-11(2)10-13/h11-12H,3-10H2,1-2H3/t11-/m1/s1. The van der Waals surface area contributed by atoms with E-state index < -0.39 is 0 Å². The Morgan fingerprint density at radius 1 is 1.46 bits per heavy atom. The number of nitrogens with one attached hydrogen (secondary N) is 1. The highest BCUT2D eigenvalue weighted by Gasteiger charge is 2.14. The average Bonchev–Trinajstić information content (AvgIpc) is 2.13. The summed E-state index contributed by atoms with van der Waals surface area (Å²) in [6, 6.07) is 0. The molecule has 1 rings (SSSR count). The molecule has 0 aromatic carbocycles. The molecule has 0 saturated carbocycles. The van der Waals surface area contributed by atoms with Crippen LogP contribution in [-0.2, 0) is 0 Å². The van der Waals surface area contributed by atoms with Crippen molar-refractivity contribution in [3.05, 3.63) is 0 Å². The van der Waals surface area contributed by atoms with Crippen molar-refractivity contribution in [1.29, 1.82) is 0 Å². The molecule has 0 radical (unpaired) electrons. The fourth-order valence-electron chi connectivity index (χ4n) is 2.09. The third-order valence-electron chi connectivity index (χ3n) is 2.82. The molecule has 13 heavy (non-hydrogen) atoms. The van der Waals surface area contributed by atoms with Gasteiger partial charge in [-0.25, -0.2) is 0 Å². The first-order chi connectivity index (χ1) is 6.33. The van der Waals surface area contributed by atoms with Crippen molar-refractivity contribution in [3.63, 3.8) is 0 Å². The highest BCUT2D eigenvalue weighted by atomic mass is 15.1. The monoisotopic (exact) mass is 184 g/mol. The second kappa shape index (κ2) is 6.39. The molecule has 0 aliphatic carbocycles. The van der Waals surface area contributed by atoms with Crippen LogP contribution in [0.4, 0.5) is 0 Å². The zero-order valence-electron chi connectivity index (χ0n) is 9.18. The first-order valence-electron chi connectivity index (χ1n) is 5.76. The molecule has 1 aliphatic rings. The van der Waals surface area contributed by atoms with Gasteiger partial charge in [0.25, 0.3) is 0 Å². The molecule has 78 valence electrons. The maximum absolute atomic E-state index is 3.37. The van der Waals surface area contributed by atoms with Crippen LogP contribution >= 0.6 is 0 Å². The Balaban J connectivity index is 2.00. The van der Waals surface area contributed by atoms with Crippen molar-refractivity contribution in [2.24, 2.45) is 5.92 Å². The molecule has 2 nitrogen and oxygen atoms in total. The van der Waals surface area contributed by atoms with Crippen LogP contribution in [-0.4, -0.2) is 37.6 Å². The van der Waals surface area contributed by atoms with Crippen molar-refractivity contribution >= 4 is 0 Å². The third kappa shape index (κ3) is 4.63. The van der Waals surface area contributed by atoms with E-state index in [0.29, 0.717) is 0 Å². The van der Waals surface area contributed by atoms with E-state index in [4.69, 9.17) is 0 Å². The summed E-state index contributed by atoms with van der Waals surface area (Å²) in [7, 11) is 0. The zero-order valence-corrected chi connectivity index (χ0v) is 9.18. The highest BCUT2D eigenvalue weighted by Crippen LogP contribution is 2.14. The summed E-state index contributed by atoms with van der Waals surface area (Å²) in [5.74, 6) is 0.924. The summed E-state index contributed by atoms with van der Waals surface area (Å²) in [5.41, 5.74) is 0.